The van der Waals surface area contributed by atoms with E-state index in [2.05, 4.69) is 33.2 Å². The molecule has 4 atom stereocenters. The predicted octanol–water partition coefficient (Wildman–Crippen LogP) is 1.12. The maximum absolute atomic E-state index is 14.4. The fourth-order valence-electron chi connectivity index (χ4n) is 6.55. The Kier molecular flexibility index (Phi) is 11.6. The van der Waals surface area contributed by atoms with Gasteiger partial charge in [-0.1, -0.05) is 58.0 Å². The quantitative estimate of drug-likeness (QED) is 0.168. The smallest absolute Gasteiger partial charge is 0.317 e. The Balaban J connectivity index is 1.51. The zero-order valence-corrected chi connectivity index (χ0v) is 27.9. The number of Topliss-reactive ketones (excluding diaryl/α,β-unsaturated/α-hetero) is 1. The van der Waals surface area contributed by atoms with Crippen LogP contribution < -0.4 is 26.6 Å². The minimum Gasteiger partial charge on any atom is -0.347 e. The van der Waals surface area contributed by atoms with E-state index >= 15 is 0 Å². The molecule has 2 heterocycles. The Morgan fingerprint density at radius 2 is 1.72 bits per heavy atom. The number of carbonyl (C=O) groups is 6. The Bertz CT molecular complexity index is 1350. The number of nitrogens with one attached hydrogen (secondary N) is 5. The van der Waals surface area contributed by atoms with Crippen molar-refractivity contribution in [1.29, 1.82) is 0 Å². The highest BCUT2D eigenvalue weighted by Crippen LogP contribution is 2.32. The average Bonchev–Trinajstić information content (AvgIpc) is 3.64. The van der Waals surface area contributed by atoms with E-state index in [0.29, 0.717) is 45.4 Å². The number of hydrogen-bond donors (Lipinski definition) is 5. The molecule has 1 aromatic rings. The average molecular weight is 652 g/mol. The highest BCUT2D eigenvalue weighted by atomic mass is 16.2. The van der Waals surface area contributed by atoms with Crippen molar-refractivity contribution in [3.8, 4) is 0 Å². The number of carbonyl (C=O) groups excluding carboxylic acids is 6. The van der Waals surface area contributed by atoms with Gasteiger partial charge in [0.05, 0.1) is 12.6 Å². The molecule has 1 aliphatic carbocycles. The van der Waals surface area contributed by atoms with Crippen LogP contribution in [0.4, 0.5) is 9.59 Å². The zero-order chi connectivity index (χ0) is 34.3. The fraction of sp³-hybridized carbons (Fsp3) is 0.588. The van der Waals surface area contributed by atoms with Crippen LogP contribution in [0.25, 0.3) is 0 Å². The Morgan fingerprint density at radius 3 is 2.34 bits per heavy atom. The minimum atomic E-state index is -0.937. The molecule has 5 N–H and O–H groups in total. The van der Waals surface area contributed by atoms with Gasteiger partial charge in [0.25, 0.3) is 5.91 Å². The van der Waals surface area contributed by atoms with Crippen molar-refractivity contribution in [3.05, 3.63) is 48.0 Å². The molecular formula is C34H49N7O6. The summed E-state index contributed by atoms with van der Waals surface area (Å²) in [5.41, 5.74) is 1.82. The minimum absolute atomic E-state index is 0.123. The van der Waals surface area contributed by atoms with Crippen molar-refractivity contribution >= 4 is 35.6 Å². The van der Waals surface area contributed by atoms with Crippen LogP contribution in [0.5, 0.6) is 0 Å². The number of fused-ring (bicyclic) bond motifs is 1. The van der Waals surface area contributed by atoms with E-state index in [0.717, 1.165) is 17.5 Å². The third-order valence-electron chi connectivity index (χ3n) is 9.36. The van der Waals surface area contributed by atoms with Crippen LogP contribution in [0.1, 0.15) is 51.7 Å². The second-order valence-corrected chi connectivity index (χ2v) is 13.9. The van der Waals surface area contributed by atoms with E-state index in [1.807, 2.05) is 52.0 Å². The third kappa shape index (κ3) is 8.89. The van der Waals surface area contributed by atoms with E-state index in [-0.39, 0.29) is 30.3 Å². The van der Waals surface area contributed by atoms with Gasteiger partial charge in [-0.15, -0.1) is 6.58 Å². The number of likely N-dealkylation sites (tertiary alicyclic amines) is 1. The first kappa shape index (κ1) is 35.4. The van der Waals surface area contributed by atoms with Gasteiger partial charge in [-0.3, -0.25) is 19.2 Å². The second-order valence-electron chi connectivity index (χ2n) is 13.9. The molecule has 13 nitrogen and oxygen atoms in total. The van der Waals surface area contributed by atoms with Crippen molar-refractivity contribution < 1.29 is 28.8 Å². The lowest BCUT2D eigenvalue weighted by molar-refractivity contribution is -0.142. The summed E-state index contributed by atoms with van der Waals surface area (Å²) in [6.45, 7) is 12.8. The molecule has 0 aromatic heterocycles. The number of nitrogens with zero attached hydrogens (tertiary/aromatic N) is 2. The topological polar surface area (TPSA) is 169 Å². The number of urea groups is 2. The lowest BCUT2D eigenvalue weighted by atomic mass is 9.86. The first-order chi connectivity index (χ1) is 22.3. The van der Waals surface area contributed by atoms with Crippen molar-refractivity contribution in [2.45, 2.75) is 71.5 Å². The maximum atomic E-state index is 14.4. The van der Waals surface area contributed by atoms with Crippen LogP contribution in [0.3, 0.4) is 0 Å². The van der Waals surface area contributed by atoms with Gasteiger partial charge in [0.15, 0.2) is 0 Å². The number of benzene rings is 1. The van der Waals surface area contributed by atoms with Crippen LogP contribution in [0.2, 0.25) is 0 Å². The molecule has 2 fully saturated rings. The van der Waals surface area contributed by atoms with E-state index in [1.54, 1.807) is 4.90 Å². The van der Waals surface area contributed by atoms with Crippen LogP contribution >= 0.6 is 0 Å². The molecule has 0 spiro atoms. The van der Waals surface area contributed by atoms with Crippen LogP contribution in [-0.4, -0.2) is 103 Å². The van der Waals surface area contributed by atoms with E-state index in [9.17, 15) is 28.8 Å². The summed E-state index contributed by atoms with van der Waals surface area (Å²) >= 11 is 0. The van der Waals surface area contributed by atoms with Gasteiger partial charge in [0.2, 0.25) is 17.6 Å². The number of amides is 7. The number of hydrogen-bond acceptors (Lipinski definition) is 6. The number of rotatable bonds is 12. The summed E-state index contributed by atoms with van der Waals surface area (Å²) < 4.78 is 0. The van der Waals surface area contributed by atoms with Gasteiger partial charge < -0.3 is 36.4 Å². The molecule has 47 heavy (non-hydrogen) atoms. The maximum Gasteiger partial charge on any atom is 0.317 e. The molecule has 2 aliphatic heterocycles. The number of ketones is 1. The molecule has 0 unspecified atom stereocenters. The molecule has 256 valence electrons. The lowest BCUT2D eigenvalue weighted by Gasteiger charge is -2.38. The molecule has 7 amide bonds. The summed E-state index contributed by atoms with van der Waals surface area (Å²) in [5.74, 6) is -3.00. The molecule has 0 saturated carbocycles. The van der Waals surface area contributed by atoms with Gasteiger partial charge in [0.1, 0.15) is 12.1 Å². The van der Waals surface area contributed by atoms with Crippen molar-refractivity contribution in [2.75, 3.05) is 39.3 Å². The van der Waals surface area contributed by atoms with Crippen LogP contribution in [0, 0.1) is 17.3 Å². The van der Waals surface area contributed by atoms with Gasteiger partial charge in [-0.25, -0.2) is 9.59 Å². The van der Waals surface area contributed by atoms with E-state index in [4.69, 9.17) is 0 Å². The molecule has 2 saturated heterocycles. The highest BCUT2D eigenvalue weighted by Gasteiger charge is 2.45. The van der Waals surface area contributed by atoms with Gasteiger partial charge in [-0.2, -0.15) is 0 Å². The summed E-state index contributed by atoms with van der Waals surface area (Å²) in [6.07, 6.45) is 3.98. The fourth-order valence-corrected chi connectivity index (χ4v) is 6.55. The third-order valence-corrected chi connectivity index (χ3v) is 9.36. The van der Waals surface area contributed by atoms with Crippen molar-refractivity contribution in [2.24, 2.45) is 17.3 Å². The molecule has 4 rings (SSSR count). The first-order valence-electron chi connectivity index (χ1n) is 16.5. The molecule has 0 radical (unpaired) electrons. The Labute approximate surface area is 276 Å². The molecule has 13 heteroatoms. The second kappa shape index (κ2) is 15.4. The first-order valence-corrected chi connectivity index (χ1v) is 16.5. The molecule has 3 aliphatic rings. The Hall–Kier alpha value is -4.42. The SMILES string of the molecule is C=CCNC(=O)C(=O)CNC(=O)[C@@H]1[C@@H](C)CCN1C(=O)[C@@H](NC(=O)N[C@H](CN1CCCNC1=O)C(C)(C)C)C1Cc2ccccc2C1. The summed E-state index contributed by atoms with van der Waals surface area (Å²) in [5, 5.41) is 13.8. The zero-order valence-electron chi connectivity index (χ0n) is 27.9. The Morgan fingerprint density at radius 1 is 1.04 bits per heavy atom. The molecular weight excluding hydrogens is 602 g/mol. The predicted molar refractivity (Wildman–Crippen MR) is 176 cm³/mol. The molecule has 0 bridgehead atoms. The summed E-state index contributed by atoms with van der Waals surface area (Å²) in [7, 11) is 0. The summed E-state index contributed by atoms with van der Waals surface area (Å²) in [6, 6.07) is 5.02. The normalized spacial score (nSPS) is 20.8. The van der Waals surface area contributed by atoms with E-state index in [1.165, 1.54) is 11.0 Å². The van der Waals surface area contributed by atoms with Gasteiger partial charge in [-0.05, 0) is 54.1 Å². The van der Waals surface area contributed by atoms with Crippen LogP contribution in [-0.2, 0) is 32.0 Å². The van der Waals surface area contributed by atoms with Crippen molar-refractivity contribution in [1.82, 2.24) is 36.4 Å². The largest absolute Gasteiger partial charge is 0.347 e. The van der Waals surface area contributed by atoms with Gasteiger partial charge >= 0.3 is 12.1 Å². The molecule has 1 aromatic carbocycles. The van der Waals surface area contributed by atoms with E-state index < -0.39 is 53.7 Å². The monoisotopic (exact) mass is 651 g/mol. The highest BCUT2D eigenvalue weighted by molar-refractivity contribution is 6.37. The van der Waals surface area contributed by atoms with Crippen LogP contribution in [0.15, 0.2) is 36.9 Å². The van der Waals surface area contributed by atoms with Crippen molar-refractivity contribution in [3.63, 3.8) is 0 Å². The van der Waals surface area contributed by atoms with Gasteiger partial charge in [0, 0.05) is 32.7 Å². The standard InChI is InChI=1S/C34H49N7O6/c1-6-13-35-29(43)25(42)19-37-30(44)28-21(2)12-16-41(28)31(45)27(24-17-22-10-7-8-11-23(22)18-24)39-32(46)38-26(34(3,4)5)20-40-15-9-14-36-33(40)47/h6-8,10-11,21,24,26-28H,1,9,12-20H2,2-5H3,(H,35,43)(H,36,47)(H,37,44)(H2,38,39,46)/t21-,26+,27-,28-/m0/s1. The lowest BCUT2D eigenvalue weighted by Crippen LogP contribution is -2.61. The summed E-state index contributed by atoms with van der Waals surface area (Å²) in [4.78, 5) is 81.4.